The van der Waals surface area contributed by atoms with Crippen LogP contribution in [0.15, 0.2) is 24.3 Å². The van der Waals surface area contributed by atoms with Crippen LogP contribution in [-0.4, -0.2) is 35.9 Å². The predicted molar refractivity (Wildman–Crippen MR) is 88.0 cm³/mol. The summed E-state index contributed by atoms with van der Waals surface area (Å²) < 4.78 is 0. The van der Waals surface area contributed by atoms with Gasteiger partial charge in [0.25, 0.3) is 0 Å². The van der Waals surface area contributed by atoms with Crippen molar-refractivity contribution >= 4 is 34.8 Å². The molecule has 0 aliphatic rings. The van der Waals surface area contributed by atoms with E-state index in [9.17, 15) is 9.59 Å². The van der Waals surface area contributed by atoms with Gasteiger partial charge in [0.2, 0.25) is 11.8 Å². The molecule has 0 unspecified atom stereocenters. The van der Waals surface area contributed by atoms with Crippen molar-refractivity contribution < 1.29 is 9.59 Å². The van der Waals surface area contributed by atoms with E-state index in [1.165, 1.54) is 0 Å². The molecular weight excluding hydrogens is 286 g/mol. The van der Waals surface area contributed by atoms with E-state index < -0.39 is 0 Å². The summed E-state index contributed by atoms with van der Waals surface area (Å²) in [5.41, 5.74) is 1.70. The van der Waals surface area contributed by atoms with Gasteiger partial charge in [0.15, 0.2) is 5.11 Å². The van der Waals surface area contributed by atoms with Crippen LogP contribution in [0.5, 0.6) is 0 Å². The Hall–Kier alpha value is -1.95. The van der Waals surface area contributed by atoms with Crippen molar-refractivity contribution in [2.24, 2.45) is 5.92 Å². The van der Waals surface area contributed by atoms with Crippen molar-refractivity contribution in [3.63, 3.8) is 0 Å². The second kappa shape index (κ2) is 7.73. The van der Waals surface area contributed by atoms with Crippen molar-refractivity contribution in [1.82, 2.24) is 10.2 Å². The fourth-order valence-electron chi connectivity index (χ4n) is 1.46. The molecular formula is C15H21N3O2S. The summed E-state index contributed by atoms with van der Waals surface area (Å²) in [6, 6.07) is 7.37. The molecule has 0 heterocycles. The highest BCUT2D eigenvalue weighted by Gasteiger charge is 2.09. The lowest BCUT2D eigenvalue weighted by Crippen LogP contribution is -2.36. The van der Waals surface area contributed by atoms with Gasteiger partial charge in [-0.3, -0.25) is 9.59 Å². The maximum Gasteiger partial charge on any atom is 0.228 e. The van der Waals surface area contributed by atoms with Gasteiger partial charge in [-0.15, -0.1) is 0 Å². The lowest BCUT2D eigenvalue weighted by atomic mass is 10.1. The maximum atomic E-state index is 11.6. The number of nitrogens with one attached hydrogen (secondary N) is 2. The average Bonchev–Trinajstić information content (AvgIpc) is 2.40. The van der Waals surface area contributed by atoms with Gasteiger partial charge in [0.05, 0.1) is 6.42 Å². The Morgan fingerprint density at radius 3 is 2.24 bits per heavy atom. The lowest BCUT2D eigenvalue weighted by molar-refractivity contribution is -0.128. The highest BCUT2D eigenvalue weighted by atomic mass is 32.1. The number of benzene rings is 1. The van der Waals surface area contributed by atoms with Crippen LogP contribution in [0, 0.1) is 5.92 Å². The molecule has 114 valence electrons. The molecule has 5 nitrogen and oxygen atoms in total. The van der Waals surface area contributed by atoms with Crippen LogP contribution in [0.1, 0.15) is 19.4 Å². The second-order valence-corrected chi connectivity index (χ2v) is 5.67. The zero-order valence-corrected chi connectivity index (χ0v) is 13.6. The van der Waals surface area contributed by atoms with Gasteiger partial charge in [0.1, 0.15) is 0 Å². The number of hydrogen-bond donors (Lipinski definition) is 2. The van der Waals surface area contributed by atoms with Crippen molar-refractivity contribution in [3.8, 4) is 0 Å². The Morgan fingerprint density at radius 2 is 1.76 bits per heavy atom. The average molecular weight is 307 g/mol. The largest absolute Gasteiger partial charge is 0.349 e. The molecule has 0 fully saturated rings. The molecule has 0 spiro atoms. The van der Waals surface area contributed by atoms with Crippen molar-refractivity contribution in [1.29, 1.82) is 0 Å². The van der Waals surface area contributed by atoms with Gasteiger partial charge in [-0.2, -0.15) is 0 Å². The molecule has 0 atom stereocenters. The summed E-state index contributed by atoms with van der Waals surface area (Å²) >= 11 is 5.06. The number of thiocarbonyl (C=S) groups is 1. The summed E-state index contributed by atoms with van der Waals surface area (Å²) in [4.78, 5) is 24.7. The number of carbonyl (C=O) groups is 2. The van der Waals surface area contributed by atoms with Crippen LogP contribution < -0.4 is 10.6 Å². The number of rotatable bonds is 4. The summed E-state index contributed by atoms with van der Waals surface area (Å²) in [5.74, 6) is -0.194. The number of likely N-dealkylation sites (N-methyl/N-ethyl adjacent to an activating group) is 1. The first-order valence-electron chi connectivity index (χ1n) is 6.70. The maximum absolute atomic E-state index is 11.6. The van der Waals surface area contributed by atoms with E-state index in [2.05, 4.69) is 10.6 Å². The van der Waals surface area contributed by atoms with Gasteiger partial charge in [0, 0.05) is 25.7 Å². The van der Waals surface area contributed by atoms with Gasteiger partial charge >= 0.3 is 0 Å². The van der Waals surface area contributed by atoms with Crippen LogP contribution in [0.2, 0.25) is 0 Å². The molecule has 0 saturated heterocycles. The van der Waals surface area contributed by atoms with E-state index in [-0.39, 0.29) is 22.8 Å². The zero-order valence-electron chi connectivity index (χ0n) is 12.8. The standard InChI is InChI=1S/C15H21N3O2S/c1-10(2)14(20)17-15(21)16-12-7-5-11(6-8-12)9-13(19)18(3)4/h5-8,10H,9H2,1-4H3,(H2,16,17,20,21). The normalized spacial score (nSPS) is 10.1. The molecule has 2 amide bonds. The smallest absolute Gasteiger partial charge is 0.228 e. The highest BCUT2D eigenvalue weighted by molar-refractivity contribution is 7.80. The van der Waals surface area contributed by atoms with Crippen molar-refractivity contribution in [3.05, 3.63) is 29.8 Å². The quantitative estimate of drug-likeness (QED) is 0.833. The fraction of sp³-hybridized carbons (Fsp3) is 0.400. The Morgan fingerprint density at radius 1 is 1.19 bits per heavy atom. The Labute approximate surface area is 130 Å². The van der Waals surface area contributed by atoms with Crippen LogP contribution in [0.25, 0.3) is 0 Å². The Balaban J connectivity index is 2.57. The van der Waals surface area contributed by atoms with E-state index >= 15 is 0 Å². The van der Waals surface area contributed by atoms with Crippen LogP contribution >= 0.6 is 12.2 Å². The van der Waals surface area contributed by atoms with E-state index in [4.69, 9.17) is 12.2 Å². The van der Waals surface area contributed by atoms with E-state index in [0.29, 0.717) is 6.42 Å². The van der Waals surface area contributed by atoms with Crippen molar-refractivity contribution in [2.45, 2.75) is 20.3 Å². The monoisotopic (exact) mass is 307 g/mol. The third-order valence-electron chi connectivity index (χ3n) is 2.83. The summed E-state index contributed by atoms with van der Waals surface area (Å²) in [6.45, 7) is 3.60. The van der Waals surface area contributed by atoms with Gasteiger partial charge in [-0.05, 0) is 29.9 Å². The predicted octanol–water partition coefficient (Wildman–Crippen LogP) is 1.79. The minimum atomic E-state index is -0.124. The number of amides is 2. The van der Waals surface area contributed by atoms with Crippen LogP contribution in [-0.2, 0) is 16.0 Å². The van der Waals surface area contributed by atoms with Crippen LogP contribution in [0.4, 0.5) is 5.69 Å². The summed E-state index contributed by atoms with van der Waals surface area (Å²) in [6.07, 6.45) is 0.363. The molecule has 1 rings (SSSR count). The summed E-state index contributed by atoms with van der Waals surface area (Å²) in [7, 11) is 3.46. The molecule has 21 heavy (non-hydrogen) atoms. The van der Waals surface area contributed by atoms with E-state index in [0.717, 1.165) is 11.3 Å². The molecule has 0 radical (unpaired) electrons. The van der Waals surface area contributed by atoms with E-state index in [1.807, 2.05) is 24.3 Å². The first-order valence-corrected chi connectivity index (χ1v) is 7.11. The second-order valence-electron chi connectivity index (χ2n) is 5.26. The Kier molecular flexibility index (Phi) is 6.30. The first kappa shape index (κ1) is 17.1. The third kappa shape index (κ3) is 5.91. The number of nitrogens with zero attached hydrogens (tertiary/aromatic N) is 1. The highest BCUT2D eigenvalue weighted by Crippen LogP contribution is 2.10. The molecule has 0 bridgehead atoms. The molecule has 0 aromatic heterocycles. The minimum absolute atomic E-state index is 0.0513. The fourth-order valence-corrected chi connectivity index (χ4v) is 1.68. The third-order valence-corrected chi connectivity index (χ3v) is 3.03. The Bertz CT molecular complexity index is 524. The number of anilines is 1. The molecule has 0 aliphatic heterocycles. The van der Waals surface area contributed by atoms with E-state index in [1.54, 1.807) is 32.8 Å². The summed E-state index contributed by atoms with van der Waals surface area (Å²) in [5, 5.41) is 5.81. The number of hydrogen-bond acceptors (Lipinski definition) is 3. The topological polar surface area (TPSA) is 61.4 Å². The number of carbonyl (C=O) groups excluding carboxylic acids is 2. The molecule has 1 aromatic rings. The van der Waals surface area contributed by atoms with Crippen LogP contribution in [0.3, 0.4) is 0 Å². The van der Waals surface area contributed by atoms with Gasteiger partial charge in [-0.25, -0.2) is 0 Å². The first-order chi connectivity index (χ1) is 9.79. The molecule has 6 heteroatoms. The van der Waals surface area contributed by atoms with Gasteiger partial charge in [-0.1, -0.05) is 26.0 Å². The molecule has 1 aromatic carbocycles. The molecule has 2 N–H and O–H groups in total. The zero-order chi connectivity index (χ0) is 16.0. The molecule has 0 aliphatic carbocycles. The minimum Gasteiger partial charge on any atom is -0.349 e. The molecule has 0 saturated carbocycles. The lowest BCUT2D eigenvalue weighted by Gasteiger charge is -2.12. The van der Waals surface area contributed by atoms with Gasteiger partial charge < -0.3 is 15.5 Å². The SMILES string of the molecule is CC(C)C(=O)NC(=S)Nc1ccc(CC(=O)N(C)C)cc1. The van der Waals surface area contributed by atoms with Crippen molar-refractivity contribution in [2.75, 3.05) is 19.4 Å².